The molecule has 0 aliphatic carbocycles. The van der Waals surface area contributed by atoms with Gasteiger partial charge < -0.3 is 9.47 Å². The topological polar surface area (TPSA) is 69.7 Å². The first kappa shape index (κ1) is 23.2. The number of rotatable bonds is 8. The van der Waals surface area contributed by atoms with Crippen LogP contribution in [0, 0.1) is 0 Å². The van der Waals surface area contributed by atoms with Crippen molar-refractivity contribution < 1.29 is 23.9 Å². The number of carbonyl (C=O) groups excluding carboxylic acids is 3. The van der Waals surface area contributed by atoms with Crippen LogP contribution in [0.1, 0.15) is 33.6 Å². The van der Waals surface area contributed by atoms with Gasteiger partial charge in [-0.15, -0.1) is 0 Å². The Morgan fingerprint density at radius 3 is 2.43 bits per heavy atom. The van der Waals surface area contributed by atoms with E-state index in [1.807, 2.05) is 31.2 Å². The molecule has 5 heteroatoms. The summed E-state index contributed by atoms with van der Waals surface area (Å²) in [6.45, 7) is 5.70. The fourth-order valence-corrected chi connectivity index (χ4v) is 2.46. The third-order valence-electron chi connectivity index (χ3n) is 4.06. The van der Waals surface area contributed by atoms with E-state index in [1.165, 1.54) is 7.11 Å². The molecule has 1 saturated heterocycles. The van der Waals surface area contributed by atoms with E-state index in [-0.39, 0.29) is 24.0 Å². The molecule has 1 heterocycles. The summed E-state index contributed by atoms with van der Waals surface area (Å²) in [5.74, 6) is -0.443. The van der Waals surface area contributed by atoms with Crippen molar-refractivity contribution >= 4 is 17.5 Å². The molecule has 0 aromatic rings. The minimum atomic E-state index is -0.647. The van der Waals surface area contributed by atoms with E-state index in [9.17, 15) is 14.4 Å². The van der Waals surface area contributed by atoms with Crippen molar-refractivity contribution in [2.24, 2.45) is 0 Å². The summed E-state index contributed by atoms with van der Waals surface area (Å²) in [6.07, 6.45) is 16.0. The Morgan fingerprint density at radius 1 is 1.11 bits per heavy atom. The molecular formula is C23H28O5. The molecule has 1 aliphatic rings. The minimum Gasteiger partial charge on any atom is -0.465 e. The van der Waals surface area contributed by atoms with Gasteiger partial charge in [-0.1, -0.05) is 54.2 Å². The van der Waals surface area contributed by atoms with Crippen LogP contribution in [0.3, 0.4) is 0 Å². The summed E-state index contributed by atoms with van der Waals surface area (Å²) >= 11 is 0. The number of allylic oxidation sites excluding steroid dienone is 9. The number of ketones is 2. The van der Waals surface area contributed by atoms with Gasteiger partial charge in [0.25, 0.3) is 0 Å². The van der Waals surface area contributed by atoms with Crippen LogP contribution in [-0.2, 0) is 23.9 Å². The summed E-state index contributed by atoms with van der Waals surface area (Å²) in [4.78, 5) is 35.1. The van der Waals surface area contributed by atoms with Gasteiger partial charge in [-0.2, -0.15) is 0 Å². The summed E-state index contributed by atoms with van der Waals surface area (Å²) in [5.41, 5.74) is 1.97. The first-order valence-electron chi connectivity index (χ1n) is 9.17. The van der Waals surface area contributed by atoms with Gasteiger partial charge in [-0.05, 0) is 32.4 Å². The third kappa shape index (κ3) is 8.27. The van der Waals surface area contributed by atoms with Crippen molar-refractivity contribution in [3.05, 3.63) is 71.4 Å². The second-order valence-electron chi connectivity index (χ2n) is 6.32. The molecule has 0 bridgehead atoms. The van der Waals surface area contributed by atoms with Gasteiger partial charge in [0.15, 0.2) is 5.78 Å². The molecular weight excluding hydrogens is 356 g/mol. The highest BCUT2D eigenvalue weighted by Crippen LogP contribution is 2.14. The first-order chi connectivity index (χ1) is 13.4. The average Bonchev–Trinajstić information content (AvgIpc) is 2.69. The van der Waals surface area contributed by atoms with Gasteiger partial charge in [-0.25, -0.2) is 4.79 Å². The number of methoxy groups -OCH3 is 1. The van der Waals surface area contributed by atoms with Crippen LogP contribution in [0.5, 0.6) is 0 Å². The van der Waals surface area contributed by atoms with Gasteiger partial charge in [0.1, 0.15) is 11.9 Å². The van der Waals surface area contributed by atoms with E-state index < -0.39 is 6.10 Å². The number of ether oxygens (including phenoxy) is 2. The highest BCUT2D eigenvalue weighted by Gasteiger charge is 2.26. The van der Waals surface area contributed by atoms with Gasteiger partial charge in [-0.3, -0.25) is 9.59 Å². The summed E-state index contributed by atoms with van der Waals surface area (Å²) in [6, 6.07) is 0. The molecule has 0 radical (unpaired) electrons. The molecule has 0 amide bonds. The fourth-order valence-electron chi connectivity index (χ4n) is 2.46. The van der Waals surface area contributed by atoms with Crippen LogP contribution in [0.15, 0.2) is 71.4 Å². The number of esters is 1. The SMILES string of the molecule is C/C=C(\C=C(C)C=CC=CC=CC=C(C)C(=O)[C@H]1CC(=O)CCO1)C(=O)OC. The lowest BCUT2D eigenvalue weighted by atomic mass is 9.99. The molecule has 1 rings (SSSR count). The van der Waals surface area contributed by atoms with Crippen LogP contribution in [-0.4, -0.2) is 37.4 Å². The van der Waals surface area contributed by atoms with E-state index in [4.69, 9.17) is 9.47 Å². The Balaban J connectivity index is 2.55. The molecule has 5 nitrogen and oxygen atoms in total. The van der Waals surface area contributed by atoms with E-state index >= 15 is 0 Å². The largest absolute Gasteiger partial charge is 0.465 e. The quantitative estimate of drug-likeness (QED) is 0.360. The molecule has 0 aromatic carbocycles. The van der Waals surface area contributed by atoms with Crippen LogP contribution < -0.4 is 0 Å². The lowest BCUT2D eigenvalue weighted by Gasteiger charge is -2.20. The maximum absolute atomic E-state index is 12.2. The van der Waals surface area contributed by atoms with Crippen molar-refractivity contribution in [1.29, 1.82) is 0 Å². The van der Waals surface area contributed by atoms with Crippen molar-refractivity contribution in [2.75, 3.05) is 13.7 Å². The molecule has 28 heavy (non-hydrogen) atoms. The molecule has 0 aromatic heterocycles. The number of Topliss-reactive ketones (excluding diaryl/α,β-unsaturated/α-hetero) is 2. The zero-order chi connectivity index (χ0) is 20.9. The molecule has 1 aliphatic heterocycles. The van der Waals surface area contributed by atoms with Gasteiger partial charge in [0, 0.05) is 12.8 Å². The predicted octanol–water partition coefficient (Wildman–Crippen LogP) is 3.98. The second kappa shape index (κ2) is 12.6. The van der Waals surface area contributed by atoms with Gasteiger partial charge in [0.05, 0.1) is 19.3 Å². The van der Waals surface area contributed by atoms with E-state index in [1.54, 1.807) is 44.2 Å². The van der Waals surface area contributed by atoms with Crippen molar-refractivity contribution in [3.63, 3.8) is 0 Å². The normalized spacial score (nSPS) is 19.8. The lowest BCUT2D eigenvalue weighted by molar-refractivity contribution is -0.139. The Labute approximate surface area is 166 Å². The Bertz CT molecular complexity index is 760. The zero-order valence-electron chi connectivity index (χ0n) is 16.9. The maximum atomic E-state index is 12.2. The van der Waals surface area contributed by atoms with E-state index in [0.717, 1.165) is 5.57 Å². The van der Waals surface area contributed by atoms with Crippen LogP contribution in [0.4, 0.5) is 0 Å². The van der Waals surface area contributed by atoms with Crippen LogP contribution in [0.25, 0.3) is 0 Å². The van der Waals surface area contributed by atoms with Crippen LogP contribution >= 0.6 is 0 Å². The minimum absolute atomic E-state index is 0.0696. The van der Waals surface area contributed by atoms with Crippen molar-refractivity contribution in [2.45, 2.75) is 39.7 Å². The number of hydrogen-bond acceptors (Lipinski definition) is 5. The third-order valence-corrected chi connectivity index (χ3v) is 4.06. The van der Waals surface area contributed by atoms with E-state index in [0.29, 0.717) is 24.2 Å². The van der Waals surface area contributed by atoms with E-state index in [2.05, 4.69) is 0 Å². The summed E-state index contributed by atoms with van der Waals surface area (Å²) < 4.78 is 10.1. The Hall–Kier alpha value is -2.79. The lowest BCUT2D eigenvalue weighted by Crippen LogP contribution is -2.33. The molecule has 150 valence electrons. The molecule has 0 saturated carbocycles. The zero-order valence-corrected chi connectivity index (χ0v) is 16.9. The molecule has 0 N–H and O–H groups in total. The predicted molar refractivity (Wildman–Crippen MR) is 110 cm³/mol. The molecule has 0 unspecified atom stereocenters. The standard InChI is InChI=1S/C23H28O5/c1-5-19(23(26)27-4)15-17(2)11-9-7-6-8-10-12-18(3)22(25)21-16-20(24)13-14-28-21/h5-12,15,21H,13-14,16H2,1-4H3/b7-6?,10-8?,11-9?,17-15?,18-12?,19-5+/t21-/m1/s1. The molecule has 0 spiro atoms. The Kier molecular flexibility index (Phi) is 10.4. The summed E-state index contributed by atoms with van der Waals surface area (Å²) in [5, 5.41) is 0. The fraction of sp³-hybridized carbons (Fsp3) is 0.348. The van der Waals surface area contributed by atoms with Crippen LogP contribution in [0.2, 0.25) is 0 Å². The highest BCUT2D eigenvalue weighted by molar-refractivity contribution is 6.01. The number of carbonyl (C=O) groups is 3. The molecule has 1 fully saturated rings. The van der Waals surface area contributed by atoms with Gasteiger partial charge in [0.2, 0.25) is 0 Å². The smallest absolute Gasteiger partial charge is 0.337 e. The molecule has 1 atom stereocenters. The maximum Gasteiger partial charge on any atom is 0.337 e. The Morgan fingerprint density at radius 2 is 1.79 bits per heavy atom. The van der Waals surface area contributed by atoms with Crippen molar-refractivity contribution in [1.82, 2.24) is 0 Å². The van der Waals surface area contributed by atoms with Crippen molar-refractivity contribution in [3.8, 4) is 0 Å². The second-order valence-corrected chi connectivity index (χ2v) is 6.32. The first-order valence-corrected chi connectivity index (χ1v) is 9.17. The highest BCUT2D eigenvalue weighted by atomic mass is 16.5. The van der Waals surface area contributed by atoms with Gasteiger partial charge >= 0.3 is 5.97 Å². The number of hydrogen-bond donors (Lipinski definition) is 0. The summed E-state index contributed by atoms with van der Waals surface area (Å²) in [7, 11) is 1.35. The monoisotopic (exact) mass is 384 g/mol. The average molecular weight is 384 g/mol.